The van der Waals surface area contributed by atoms with E-state index in [1.807, 2.05) is 24.3 Å². The predicted octanol–water partition coefficient (Wildman–Crippen LogP) is 1.61. The molecule has 0 bridgehead atoms. The van der Waals surface area contributed by atoms with Crippen molar-refractivity contribution in [2.24, 2.45) is 0 Å². The third-order valence-electron chi connectivity index (χ3n) is 4.46. The first-order valence-corrected chi connectivity index (χ1v) is 10.2. The van der Waals surface area contributed by atoms with E-state index in [4.69, 9.17) is 27.8 Å². The van der Waals surface area contributed by atoms with Gasteiger partial charge in [0.25, 0.3) is 0 Å². The van der Waals surface area contributed by atoms with Gasteiger partial charge in [0.1, 0.15) is 5.75 Å². The van der Waals surface area contributed by atoms with Crippen LogP contribution in [0, 0.1) is 17.2 Å². The van der Waals surface area contributed by atoms with Crippen molar-refractivity contribution in [1.82, 2.24) is 0 Å². The molecular formula is C23H19ClO6. The second-order valence-corrected chi connectivity index (χ2v) is 7.23. The number of hydrogen-bond acceptors (Lipinski definition) is 5. The molecule has 154 valence electrons. The van der Waals surface area contributed by atoms with Gasteiger partial charge in [-0.15, -0.1) is 10.2 Å². The van der Waals surface area contributed by atoms with Crippen LogP contribution in [-0.2, 0) is 0 Å². The van der Waals surface area contributed by atoms with Crippen LogP contribution in [-0.4, -0.2) is 7.11 Å². The first kappa shape index (κ1) is 21.7. The lowest BCUT2D eigenvalue weighted by molar-refractivity contribution is -2.00. The Hall–Kier alpha value is -3.00. The predicted molar refractivity (Wildman–Crippen MR) is 103 cm³/mol. The smallest absolute Gasteiger partial charge is 0.364 e. The summed E-state index contributed by atoms with van der Waals surface area (Å²) >= 11 is 0. The van der Waals surface area contributed by atoms with Gasteiger partial charge >= 0.3 is 11.3 Å². The zero-order chi connectivity index (χ0) is 21.7. The van der Waals surface area contributed by atoms with E-state index in [9.17, 15) is 0 Å². The molecule has 0 aliphatic carbocycles. The molecule has 0 saturated carbocycles. The van der Waals surface area contributed by atoms with Gasteiger partial charge in [0, 0.05) is 6.07 Å². The molecular weight excluding hydrogens is 408 g/mol. The first-order valence-electron chi connectivity index (χ1n) is 8.94. The third-order valence-corrected chi connectivity index (χ3v) is 4.46. The average Bonchev–Trinajstić information content (AvgIpc) is 2.73. The summed E-state index contributed by atoms with van der Waals surface area (Å²) in [5.74, 6) is 1.66. The molecule has 1 aromatic heterocycles. The molecule has 3 aromatic carbocycles. The van der Waals surface area contributed by atoms with Crippen LogP contribution in [0.1, 0.15) is 5.56 Å². The lowest BCUT2D eigenvalue weighted by Crippen LogP contribution is -2.68. The highest BCUT2D eigenvalue weighted by molar-refractivity contribution is 5.84. The summed E-state index contributed by atoms with van der Waals surface area (Å²) in [5, 5.41) is 1.10. The largest absolute Gasteiger partial charge is 0.496 e. The van der Waals surface area contributed by atoms with Crippen molar-refractivity contribution in [1.29, 1.82) is 0 Å². The number of halogens is 1. The molecule has 30 heavy (non-hydrogen) atoms. The number of rotatable bonds is 3. The van der Waals surface area contributed by atoms with E-state index < -0.39 is 10.2 Å². The van der Waals surface area contributed by atoms with E-state index >= 15 is 0 Å². The highest BCUT2D eigenvalue weighted by Crippen LogP contribution is 2.31. The van der Waals surface area contributed by atoms with Crippen molar-refractivity contribution in [3.63, 3.8) is 0 Å². The zero-order valence-corrected chi connectivity index (χ0v) is 17.1. The summed E-state index contributed by atoms with van der Waals surface area (Å²) < 4.78 is 45.4. The van der Waals surface area contributed by atoms with E-state index in [1.54, 1.807) is 7.11 Å². The number of methoxy groups -OCH3 is 1. The topological polar surface area (TPSA) is 113 Å². The summed E-state index contributed by atoms with van der Waals surface area (Å²) in [6, 6.07) is 26.9. The molecule has 7 heteroatoms. The Morgan fingerprint density at radius 2 is 1.30 bits per heavy atom. The van der Waals surface area contributed by atoms with Gasteiger partial charge in [-0.05, 0) is 47.9 Å². The molecule has 0 unspecified atom stereocenters. The van der Waals surface area contributed by atoms with Gasteiger partial charge in [-0.2, -0.15) is 0 Å². The van der Waals surface area contributed by atoms with Crippen molar-refractivity contribution in [2.45, 2.75) is 6.92 Å². The quantitative estimate of drug-likeness (QED) is 0.460. The minimum absolute atomic E-state index is 0.798. The van der Waals surface area contributed by atoms with E-state index in [2.05, 4.69) is 61.5 Å². The molecule has 0 spiro atoms. The lowest BCUT2D eigenvalue weighted by atomic mass is 10.0. The molecule has 0 N–H and O–H groups in total. The summed E-state index contributed by atoms with van der Waals surface area (Å²) in [6.07, 6.45) is 0. The van der Waals surface area contributed by atoms with E-state index in [0.29, 0.717) is 0 Å². The lowest BCUT2D eigenvalue weighted by Gasteiger charge is -2.17. The molecule has 0 saturated heterocycles. The van der Waals surface area contributed by atoms with Gasteiger partial charge < -0.3 is 4.74 Å². The molecule has 1 heterocycles. The Kier molecular flexibility index (Phi) is 6.66. The molecule has 0 fully saturated rings. The number of aryl methyl sites for hydroxylation is 1. The first-order chi connectivity index (χ1) is 14.2. The van der Waals surface area contributed by atoms with Crippen LogP contribution in [0.25, 0.3) is 33.4 Å². The Labute approximate surface area is 176 Å². The van der Waals surface area contributed by atoms with Gasteiger partial charge in [-0.25, -0.2) is 23.1 Å². The van der Waals surface area contributed by atoms with Crippen molar-refractivity contribution in [2.75, 3.05) is 7.11 Å². The van der Waals surface area contributed by atoms with Gasteiger partial charge in [0.2, 0.25) is 0 Å². The van der Waals surface area contributed by atoms with Crippen molar-refractivity contribution in [3.05, 3.63) is 84.4 Å². The van der Waals surface area contributed by atoms with Crippen LogP contribution in [0.3, 0.4) is 0 Å². The van der Waals surface area contributed by atoms with E-state index in [1.165, 1.54) is 16.7 Å². The average molecular weight is 427 g/mol. The molecule has 4 rings (SSSR count). The number of benzene rings is 3. The number of ether oxygens (including phenoxy) is 1. The van der Waals surface area contributed by atoms with E-state index in [0.717, 1.165) is 28.0 Å². The fourth-order valence-electron chi connectivity index (χ4n) is 3.06. The molecule has 0 atom stereocenters. The highest BCUT2D eigenvalue weighted by Gasteiger charge is 2.18. The molecule has 4 aromatic rings. The second-order valence-electron chi connectivity index (χ2n) is 6.48. The standard InChI is InChI=1S/C23H19O2.ClHO4/c1-16-14-22(25-23-15-20(24-2)12-13-21(16)23)19-10-8-18(9-11-19)17-6-4-3-5-7-17;2-1(3,4)5/h3-15H,1-2H3;(H,2,3,4,5)/q+1;/p-1. The summed E-state index contributed by atoms with van der Waals surface area (Å²) in [5.41, 5.74) is 5.49. The minimum Gasteiger partial charge on any atom is -0.496 e. The Balaban J connectivity index is 0.000000461. The number of hydrogen-bond donors (Lipinski definition) is 0. The van der Waals surface area contributed by atoms with Gasteiger partial charge in [-0.3, -0.25) is 0 Å². The van der Waals surface area contributed by atoms with E-state index in [-0.39, 0.29) is 0 Å². The van der Waals surface area contributed by atoms with Crippen LogP contribution in [0.5, 0.6) is 5.75 Å². The van der Waals surface area contributed by atoms with Crippen molar-refractivity contribution < 1.29 is 38.0 Å². The van der Waals surface area contributed by atoms with Gasteiger partial charge in [-0.1, -0.05) is 42.5 Å². The molecule has 0 aliphatic rings. The zero-order valence-electron chi connectivity index (χ0n) is 16.3. The summed E-state index contributed by atoms with van der Waals surface area (Å²) in [7, 11) is -3.28. The maximum absolute atomic E-state index is 8.49. The van der Waals surface area contributed by atoms with Crippen LogP contribution in [0.2, 0.25) is 0 Å². The molecule has 0 amide bonds. The Morgan fingerprint density at radius 1 is 0.733 bits per heavy atom. The second kappa shape index (κ2) is 9.21. The van der Waals surface area contributed by atoms with Crippen molar-refractivity contribution in [3.8, 4) is 28.2 Å². The normalized spacial score (nSPS) is 11.0. The SMILES string of the molecule is COc1ccc2c(C)cc(-c3ccc(-c4ccccc4)cc3)[o+]c2c1.[O-][Cl+3]([O-])([O-])[O-]. The molecule has 0 aliphatic heterocycles. The highest BCUT2D eigenvalue weighted by atomic mass is 35.7. The summed E-state index contributed by atoms with van der Waals surface area (Å²) in [6.45, 7) is 2.10. The van der Waals surface area contributed by atoms with Gasteiger partial charge in [0.05, 0.1) is 24.1 Å². The monoisotopic (exact) mass is 426 g/mol. The van der Waals surface area contributed by atoms with Crippen LogP contribution in [0.15, 0.2) is 83.3 Å². The fraction of sp³-hybridized carbons (Fsp3) is 0.0870. The maximum atomic E-state index is 8.49. The maximum Gasteiger partial charge on any atom is 0.364 e. The fourth-order valence-corrected chi connectivity index (χ4v) is 3.06. The van der Waals surface area contributed by atoms with Crippen LogP contribution >= 0.6 is 0 Å². The summed E-state index contributed by atoms with van der Waals surface area (Å²) in [4.78, 5) is 0. The van der Waals surface area contributed by atoms with Crippen LogP contribution in [0.4, 0.5) is 0 Å². The van der Waals surface area contributed by atoms with Crippen LogP contribution < -0.4 is 23.4 Å². The molecule has 6 nitrogen and oxygen atoms in total. The Bertz CT molecular complexity index is 1120. The molecule has 0 radical (unpaired) electrons. The Morgan fingerprint density at radius 3 is 1.90 bits per heavy atom. The minimum atomic E-state index is -4.94. The van der Waals surface area contributed by atoms with Gasteiger partial charge in [0.15, 0.2) is 0 Å². The van der Waals surface area contributed by atoms with Crippen molar-refractivity contribution >= 4 is 11.0 Å². The third kappa shape index (κ3) is 5.76. The number of fused-ring (bicyclic) bond motifs is 1.